The van der Waals surface area contributed by atoms with Gasteiger partial charge in [-0.25, -0.2) is 4.79 Å². The van der Waals surface area contributed by atoms with Gasteiger partial charge in [-0.05, 0) is 63.6 Å². The molecule has 0 radical (unpaired) electrons. The quantitative estimate of drug-likeness (QED) is 0.526. The first-order valence-corrected chi connectivity index (χ1v) is 9.42. The Labute approximate surface area is 173 Å². The molecule has 3 rings (SSSR count). The Morgan fingerprint density at radius 3 is 2.27 bits per heavy atom. The Morgan fingerprint density at radius 2 is 1.67 bits per heavy atom. The Hall–Kier alpha value is -3.81. The molecule has 30 heavy (non-hydrogen) atoms. The van der Waals surface area contributed by atoms with Gasteiger partial charge in [-0.2, -0.15) is 0 Å². The second-order valence-corrected chi connectivity index (χ2v) is 7.05. The summed E-state index contributed by atoms with van der Waals surface area (Å²) in [6, 6.07) is 9.89. The summed E-state index contributed by atoms with van der Waals surface area (Å²) in [6.07, 6.45) is 1.15. The van der Waals surface area contributed by atoms with Crippen molar-refractivity contribution >= 4 is 29.2 Å². The number of carbonyl (C=O) groups is 3. The molecule has 0 aliphatic rings. The van der Waals surface area contributed by atoms with Gasteiger partial charge in [0.05, 0.1) is 17.9 Å². The van der Waals surface area contributed by atoms with Crippen LogP contribution in [-0.2, 0) is 4.74 Å². The average molecular weight is 409 g/mol. The normalized spacial score (nSPS) is 10.7. The van der Waals surface area contributed by atoms with E-state index in [-0.39, 0.29) is 17.6 Å². The highest BCUT2D eigenvalue weighted by atomic mass is 16.5. The van der Waals surface area contributed by atoms with Crippen molar-refractivity contribution in [1.82, 2.24) is 4.98 Å². The molecule has 3 N–H and O–H groups in total. The van der Waals surface area contributed by atoms with E-state index in [1.165, 1.54) is 6.26 Å². The number of rotatable bonds is 6. The van der Waals surface area contributed by atoms with Gasteiger partial charge in [-0.3, -0.25) is 9.59 Å². The molecule has 0 atom stereocenters. The number of carbonyl (C=O) groups excluding carboxylic acids is 3. The van der Waals surface area contributed by atoms with E-state index in [1.54, 1.807) is 64.1 Å². The van der Waals surface area contributed by atoms with E-state index in [0.717, 1.165) is 0 Å². The minimum Gasteiger partial charge on any atom is -0.459 e. The summed E-state index contributed by atoms with van der Waals surface area (Å²) in [5, 5.41) is 5.47. The van der Waals surface area contributed by atoms with Crippen LogP contribution in [0.15, 0.2) is 47.1 Å². The number of nitrogens with one attached hydrogen (secondary N) is 3. The fourth-order valence-corrected chi connectivity index (χ4v) is 3.03. The lowest BCUT2D eigenvalue weighted by Crippen LogP contribution is -2.16. The van der Waals surface area contributed by atoms with Gasteiger partial charge in [0.15, 0.2) is 5.76 Å². The van der Waals surface area contributed by atoms with Crippen LogP contribution in [0.4, 0.5) is 11.4 Å². The summed E-state index contributed by atoms with van der Waals surface area (Å²) in [7, 11) is 0. The first-order chi connectivity index (χ1) is 14.3. The topological polar surface area (TPSA) is 113 Å². The highest BCUT2D eigenvalue weighted by Gasteiger charge is 2.23. The number of ether oxygens (including phenoxy) is 1. The molecule has 8 heteroatoms. The SMILES string of the molecule is Cc1[nH]c(C(=O)Nc2cccc(NC(=O)c3ccco3)c2)c(C)c1C(=O)OC(C)C. The molecule has 0 fully saturated rings. The zero-order valence-corrected chi connectivity index (χ0v) is 17.2. The Bertz CT molecular complexity index is 1080. The molecule has 0 unspecified atom stereocenters. The molecule has 0 aliphatic heterocycles. The van der Waals surface area contributed by atoms with Crippen LogP contribution in [0.2, 0.25) is 0 Å². The van der Waals surface area contributed by atoms with E-state index in [9.17, 15) is 14.4 Å². The lowest BCUT2D eigenvalue weighted by molar-refractivity contribution is 0.0376. The van der Waals surface area contributed by atoms with Gasteiger partial charge in [0.2, 0.25) is 0 Å². The molecular weight excluding hydrogens is 386 g/mol. The maximum atomic E-state index is 12.8. The Balaban J connectivity index is 1.75. The van der Waals surface area contributed by atoms with E-state index in [0.29, 0.717) is 28.2 Å². The number of H-pyrrole nitrogens is 1. The molecule has 3 aromatic rings. The van der Waals surface area contributed by atoms with Gasteiger partial charge in [-0.15, -0.1) is 0 Å². The van der Waals surface area contributed by atoms with Crippen molar-refractivity contribution in [3.05, 3.63) is 70.9 Å². The number of aromatic amines is 1. The molecule has 8 nitrogen and oxygen atoms in total. The van der Waals surface area contributed by atoms with Crippen LogP contribution >= 0.6 is 0 Å². The van der Waals surface area contributed by atoms with E-state index >= 15 is 0 Å². The number of amides is 2. The largest absolute Gasteiger partial charge is 0.459 e. The minimum atomic E-state index is -0.474. The molecule has 1 aromatic carbocycles. The van der Waals surface area contributed by atoms with Crippen molar-refractivity contribution in [3.63, 3.8) is 0 Å². The van der Waals surface area contributed by atoms with Gasteiger partial charge in [0.1, 0.15) is 5.69 Å². The highest BCUT2D eigenvalue weighted by molar-refractivity contribution is 6.07. The smallest absolute Gasteiger partial charge is 0.340 e. The van der Waals surface area contributed by atoms with Crippen LogP contribution in [0.3, 0.4) is 0 Å². The van der Waals surface area contributed by atoms with Crippen LogP contribution in [0.1, 0.15) is 56.5 Å². The predicted molar refractivity (Wildman–Crippen MR) is 112 cm³/mol. The van der Waals surface area contributed by atoms with Crippen LogP contribution < -0.4 is 10.6 Å². The van der Waals surface area contributed by atoms with Gasteiger partial charge in [-0.1, -0.05) is 6.07 Å². The fraction of sp³-hybridized carbons (Fsp3) is 0.227. The molecule has 2 aromatic heterocycles. The molecule has 156 valence electrons. The van der Waals surface area contributed by atoms with Crippen molar-refractivity contribution in [1.29, 1.82) is 0 Å². The fourth-order valence-electron chi connectivity index (χ4n) is 3.03. The number of anilines is 2. The Morgan fingerprint density at radius 1 is 1.00 bits per heavy atom. The number of esters is 1. The number of hydrogen-bond donors (Lipinski definition) is 3. The second kappa shape index (κ2) is 8.69. The standard InChI is InChI=1S/C22H23N3O5/c1-12(2)30-22(28)18-13(3)19(23-14(18)4)21(27)25-16-8-5-7-15(11-16)24-20(26)17-9-6-10-29-17/h5-12,23H,1-4H3,(H,24,26)(H,25,27). The first kappa shape index (κ1) is 20.9. The molecule has 0 spiro atoms. The lowest BCUT2D eigenvalue weighted by atomic mass is 10.1. The minimum absolute atomic E-state index is 0.183. The number of hydrogen-bond acceptors (Lipinski definition) is 5. The molecule has 2 heterocycles. The third kappa shape index (κ3) is 4.60. The van der Waals surface area contributed by atoms with Crippen LogP contribution in [0, 0.1) is 13.8 Å². The Kier molecular flexibility index (Phi) is 6.06. The maximum Gasteiger partial charge on any atom is 0.340 e. The zero-order chi connectivity index (χ0) is 21.8. The third-order valence-corrected chi connectivity index (χ3v) is 4.33. The van der Waals surface area contributed by atoms with Gasteiger partial charge in [0, 0.05) is 17.1 Å². The number of aryl methyl sites for hydroxylation is 1. The summed E-state index contributed by atoms with van der Waals surface area (Å²) >= 11 is 0. The van der Waals surface area contributed by atoms with E-state index < -0.39 is 17.8 Å². The van der Waals surface area contributed by atoms with Crippen molar-refractivity contribution in [2.24, 2.45) is 0 Å². The lowest BCUT2D eigenvalue weighted by Gasteiger charge is -2.09. The van der Waals surface area contributed by atoms with Gasteiger partial charge < -0.3 is 24.8 Å². The molecule has 0 saturated carbocycles. The summed E-state index contributed by atoms with van der Waals surface area (Å²) in [5.41, 5.74) is 2.67. The van der Waals surface area contributed by atoms with Crippen molar-refractivity contribution < 1.29 is 23.5 Å². The second-order valence-electron chi connectivity index (χ2n) is 7.05. The van der Waals surface area contributed by atoms with E-state index in [2.05, 4.69) is 15.6 Å². The molecule has 0 saturated heterocycles. The summed E-state index contributed by atoms with van der Waals surface area (Å²) in [4.78, 5) is 40.2. The highest BCUT2D eigenvalue weighted by Crippen LogP contribution is 2.22. The molecular formula is C22H23N3O5. The maximum absolute atomic E-state index is 12.8. The summed E-state index contributed by atoms with van der Waals surface area (Å²) in [5.74, 6) is -1.10. The first-order valence-electron chi connectivity index (χ1n) is 9.42. The number of furan rings is 1. The van der Waals surface area contributed by atoms with Crippen LogP contribution in [0.25, 0.3) is 0 Å². The summed E-state index contributed by atoms with van der Waals surface area (Å²) in [6.45, 7) is 6.93. The number of benzene rings is 1. The summed E-state index contributed by atoms with van der Waals surface area (Å²) < 4.78 is 10.3. The van der Waals surface area contributed by atoms with E-state index in [1.807, 2.05) is 0 Å². The average Bonchev–Trinajstić information content (AvgIpc) is 3.29. The third-order valence-electron chi connectivity index (χ3n) is 4.33. The molecule has 0 aliphatic carbocycles. The number of aromatic nitrogens is 1. The monoisotopic (exact) mass is 409 g/mol. The zero-order valence-electron chi connectivity index (χ0n) is 17.2. The molecule has 0 bridgehead atoms. The van der Waals surface area contributed by atoms with Crippen LogP contribution in [0.5, 0.6) is 0 Å². The van der Waals surface area contributed by atoms with Crippen molar-refractivity contribution in [2.75, 3.05) is 10.6 Å². The van der Waals surface area contributed by atoms with Gasteiger partial charge >= 0.3 is 5.97 Å². The van der Waals surface area contributed by atoms with Crippen molar-refractivity contribution in [2.45, 2.75) is 33.8 Å². The van der Waals surface area contributed by atoms with E-state index in [4.69, 9.17) is 9.15 Å². The van der Waals surface area contributed by atoms with Gasteiger partial charge in [0.25, 0.3) is 11.8 Å². The van der Waals surface area contributed by atoms with Crippen molar-refractivity contribution in [3.8, 4) is 0 Å². The molecule has 2 amide bonds. The van der Waals surface area contributed by atoms with Crippen LogP contribution in [-0.4, -0.2) is 28.9 Å². The predicted octanol–water partition coefficient (Wildman–Crippen LogP) is 4.29.